The van der Waals surface area contributed by atoms with Gasteiger partial charge in [0.05, 0.1) is 6.42 Å². The van der Waals surface area contributed by atoms with Gasteiger partial charge >= 0.3 is 11.9 Å². The molecule has 0 aromatic carbocycles. The Balaban J connectivity index is 2.94. The monoisotopic (exact) mass is 250 g/mol. The van der Waals surface area contributed by atoms with Crippen molar-refractivity contribution >= 4 is 17.9 Å². The highest BCUT2D eigenvalue weighted by molar-refractivity contribution is 5.82. The summed E-state index contributed by atoms with van der Waals surface area (Å²) >= 11 is 0. The highest BCUT2D eigenvalue weighted by atomic mass is 16.4. The maximum atomic E-state index is 10.8. The third-order valence-electron chi connectivity index (χ3n) is 1.95. The molecule has 0 aliphatic heterocycles. The molecule has 0 bridgehead atoms. The van der Waals surface area contributed by atoms with Crippen LogP contribution in [0.15, 0.2) is 6.07 Å². The summed E-state index contributed by atoms with van der Waals surface area (Å²) < 4.78 is 0. The molecular weight excluding hydrogens is 240 g/mol. The van der Waals surface area contributed by atoms with E-state index in [1.807, 2.05) is 0 Å². The number of carboxylic acids is 2. The summed E-state index contributed by atoms with van der Waals surface area (Å²) in [5.41, 5.74) is 0.549. The molecule has 0 aliphatic rings. The van der Waals surface area contributed by atoms with Crippen LogP contribution in [0.5, 0.6) is 0 Å². The fourth-order valence-corrected chi connectivity index (χ4v) is 1.22. The molecule has 94 valence electrons. The number of carbonyl (C=O) groups is 2. The molecule has 1 rings (SSSR count). The first-order valence-corrected chi connectivity index (χ1v) is 4.89. The molecule has 1 atom stereocenters. The molecule has 0 radical (unpaired) electrons. The van der Waals surface area contributed by atoms with Gasteiger partial charge in [0.1, 0.15) is 17.8 Å². The first-order chi connectivity index (χ1) is 8.42. The van der Waals surface area contributed by atoms with Crippen molar-refractivity contribution in [2.75, 3.05) is 5.32 Å². The predicted octanol–water partition coefficient (Wildman–Crippen LogP) is -0.00350. The van der Waals surface area contributed by atoms with E-state index in [0.29, 0.717) is 5.69 Å². The van der Waals surface area contributed by atoms with E-state index in [2.05, 4.69) is 15.3 Å². The Bertz CT molecular complexity index is 523. The van der Waals surface area contributed by atoms with E-state index in [-0.39, 0.29) is 11.6 Å². The van der Waals surface area contributed by atoms with E-state index in [1.165, 1.54) is 6.07 Å². The minimum atomic E-state index is -1.35. The normalized spacial score (nSPS) is 11.3. The number of hydrogen-bond donors (Lipinski definition) is 3. The quantitative estimate of drug-likeness (QED) is 0.664. The topological polar surface area (TPSA) is 136 Å². The average Bonchev–Trinajstić information content (AvgIpc) is 2.26. The number of nitrogens with one attached hydrogen (secondary N) is 1. The van der Waals surface area contributed by atoms with Gasteiger partial charge < -0.3 is 15.5 Å². The lowest BCUT2D eigenvalue weighted by Gasteiger charge is -2.12. The molecule has 0 spiro atoms. The SMILES string of the molecule is Cc1cc(C#N)nc(NC(CC(=O)O)C(=O)O)n1. The molecule has 0 saturated heterocycles. The lowest BCUT2D eigenvalue weighted by Crippen LogP contribution is -2.32. The van der Waals surface area contributed by atoms with Crippen molar-refractivity contribution in [2.24, 2.45) is 0 Å². The Morgan fingerprint density at radius 3 is 2.67 bits per heavy atom. The molecule has 3 N–H and O–H groups in total. The summed E-state index contributed by atoms with van der Waals surface area (Å²) in [6.45, 7) is 1.61. The second-order valence-corrected chi connectivity index (χ2v) is 3.46. The van der Waals surface area contributed by atoms with E-state index >= 15 is 0 Å². The summed E-state index contributed by atoms with van der Waals surface area (Å²) in [5.74, 6) is -2.68. The van der Waals surface area contributed by atoms with E-state index in [1.54, 1.807) is 13.0 Å². The number of aromatic nitrogens is 2. The van der Waals surface area contributed by atoms with Gasteiger partial charge in [0, 0.05) is 5.69 Å². The van der Waals surface area contributed by atoms with Crippen LogP contribution in [0.2, 0.25) is 0 Å². The average molecular weight is 250 g/mol. The van der Waals surface area contributed by atoms with Crippen LogP contribution in [0.25, 0.3) is 0 Å². The largest absolute Gasteiger partial charge is 0.481 e. The number of aliphatic carboxylic acids is 2. The smallest absolute Gasteiger partial charge is 0.326 e. The van der Waals surface area contributed by atoms with Gasteiger partial charge in [0.15, 0.2) is 0 Å². The van der Waals surface area contributed by atoms with Crippen LogP contribution in [0, 0.1) is 18.3 Å². The zero-order chi connectivity index (χ0) is 13.7. The van der Waals surface area contributed by atoms with Gasteiger partial charge in [-0.25, -0.2) is 14.8 Å². The predicted molar refractivity (Wildman–Crippen MR) is 58.8 cm³/mol. The fraction of sp³-hybridized carbons (Fsp3) is 0.300. The van der Waals surface area contributed by atoms with E-state index in [0.717, 1.165) is 0 Å². The Morgan fingerprint density at radius 1 is 1.50 bits per heavy atom. The first-order valence-electron chi connectivity index (χ1n) is 4.89. The molecule has 18 heavy (non-hydrogen) atoms. The number of aryl methyl sites for hydroxylation is 1. The number of nitrogens with zero attached hydrogens (tertiary/aromatic N) is 3. The maximum Gasteiger partial charge on any atom is 0.326 e. The molecule has 0 amide bonds. The summed E-state index contributed by atoms with van der Waals surface area (Å²) in [7, 11) is 0. The van der Waals surface area contributed by atoms with Crippen LogP contribution in [-0.2, 0) is 9.59 Å². The second-order valence-electron chi connectivity index (χ2n) is 3.46. The fourth-order valence-electron chi connectivity index (χ4n) is 1.22. The summed E-state index contributed by atoms with van der Waals surface area (Å²) in [6.07, 6.45) is -0.617. The van der Waals surface area contributed by atoms with Gasteiger partial charge in [-0.15, -0.1) is 0 Å². The highest BCUT2D eigenvalue weighted by Gasteiger charge is 2.21. The Kier molecular flexibility index (Phi) is 4.15. The standard InChI is InChI=1S/C10H10N4O4/c1-5-2-6(4-11)13-10(12-5)14-7(9(17)18)3-8(15)16/h2,7H,3H2,1H3,(H,15,16)(H,17,18)(H,12,13,14). The molecule has 8 heteroatoms. The Morgan fingerprint density at radius 2 is 2.17 bits per heavy atom. The lowest BCUT2D eigenvalue weighted by molar-refractivity contribution is -0.144. The van der Waals surface area contributed by atoms with Crippen LogP contribution in [0.1, 0.15) is 17.8 Å². The molecule has 8 nitrogen and oxygen atoms in total. The summed E-state index contributed by atoms with van der Waals surface area (Å²) in [6, 6.07) is 1.87. The Hall–Kier alpha value is -2.69. The molecule has 0 aliphatic carbocycles. The summed E-state index contributed by atoms with van der Waals surface area (Å²) in [5, 5.41) is 28.5. The Labute approximate surface area is 102 Å². The molecule has 0 saturated carbocycles. The van der Waals surface area contributed by atoms with Crippen LogP contribution >= 0.6 is 0 Å². The van der Waals surface area contributed by atoms with E-state index < -0.39 is 24.4 Å². The van der Waals surface area contributed by atoms with Gasteiger partial charge in [-0.05, 0) is 13.0 Å². The van der Waals surface area contributed by atoms with Crippen LogP contribution in [0.4, 0.5) is 5.95 Å². The number of hydrogen-bond acceptors (Lipinski definition) is 6. The third kappa shape index (κ3) is 3.71. The zero-order valence-corrected chi connectivity index (χ0v) is 9.41. The number of rotatable bonds is 5. The van der Waals surface area contributed by atoms with E-state index in [4.69, 9.17) is 15.5 Å². The first kappa shape index (κ1) is 13.4. The lowest BCUT2D eigenvalue weighted by atomic mass is 10.2. The van der Waals surface area contributed by atoms with Gasteiger partial charge in [-0.1, -0.05) is 0 Å². The van der Waals surface area contributed by atoms with Crippen molar-refractivity contribution in [2.45, 2.75) is 19.4 Å². The number of carboxylic acid groups (broad SMARTS) is 2. The van der Waals surface area contributed by atoms with Gasteiger partial charge in [0.25, 0.3) is 0 Å². The van der Waals surface area contributed by atoms with Crippen molar-refractivity contribution in [1.82, 2.24) is 9.97 Å². The molecular formula is C10H10N4O4. The van der Waals surface area contributed by atoms with Crippen molar-refractivity contribution in [3.05, 3.63) is 17.5 Å². The third-order valence-corrected chi connectivity index (χ3v) is 1.95. The maximum absolute atomic E-state index is 10.8. The van der Waals surface area contributed by atoms with Crippen molar-refractivity contribution in [3.8, 4) is 6.07 Å². The summed E-state index contributed by atoms with van der Waals surface area (Å²) in [4.78, 5) is 29.0. The second kappa shape index (κ2) is 5.58. The molecule has 0 fully saturated rings. The molecule has 1 unspecified atom stereocenters. The minimum absolute atomic E-state index is 0.0736. The molecule has 1 aromatic rings. The zero-order valence-electron chi connectivity index (χ0n) is 9.41. The highest BCUT2D eigenvalue weighted by Crippen LogP contribution is 2.07. The van der Waals surface area contributed by atoms with Crippen LogP contribution in [0.3, 0.4) is 0 Å². The van der Waals surface area contributed by atoms with Gasteiger partial charge in [-0.3, -0.25) is 4.79 Å². The van der Waals surface area contributed by atoms with Gasteiger partial charge in [0.2, 0.25) is 5.95 Å². The molecule has 1 aromatic heterocycles. The van der Waals surface area contributed by atoms with Gasteiger partial charge in [-0.2, -0.15) is 5.26 Å². The van der Waals surface area contributed by atoms with E-state index in [9.17, 15) is 9.59 Å². The minimum Gasteiger partial charge on any atom is -0.481 e. The van der Waals surface area contributed by atoms with Crippen molar-refractivity contribution < 1.29 is 19.8 Å². The molecule has 1 heterocycles. The number of anilines is 1. The number of nitriles is 1. The van der Waals surface area contributed by atoms with Crippen molar-refractivity contribution in [1.29, 1.82) is 5.26 Å². The van der Waals surface area contributed by atoms with Crippen LogP contribution < -0.4 is 5.32 Å². The van der Waals surface area contributed by atoms with Crippen LogP contribution in [-0.4, -0.2) is 38.2 Å². The van der Waals surface area contributed by atoms with Crippen molar-refractivity contribution in [3.63, 3.8) is 0 Å².